The van der Waals surface area contributed by atoms with Crippen LogP contribution in [-0.2, 0) is 6.54 Å². The highest BCUT2D eigenvalue weighted by Gasteiger charge is 2.42. The van der Waals surface area contributed by atoms with E-state index in [9.17, 15) is 27.2 Å². The number of halogens is 4. The number of aryl methyl sites for hydroxylation is 1. The molecule has 0 radical (unpaired) electrons. The number of pyridine rings is 1. The van der Waals surface area contributed by atoms with Gasteiger partial charge in [-0.25, -0.2) is 18.7 Å². The first-order valence-corrected chi connectivity index (χ1v) is 10.1. The largest absolute Gasteiger partial charge is 0.472 e. The molecule has 4 rings (SSSR count). The quantitative estimate of drug-likeness (QED) is 0.471. The summed E-state index contributed by atoms with van der Waals surface area (Å²) in [5, 5.41) is 2.59. The Hall–Kier alpha value is -3.90. The van der Waals surface area contributed by atoms with Crippen LogP contribution in [0.2, 0.25) is 0 Å². The Bertz CT molecular complexity index is 1210. The van der Waals surface area contributed by atoms with Gasteiger partial charge >= 0.3 is 12.3 Å². The molecule has 1 aliphatic rings. The summed E-state index contributed by atoms with van der Waals surface area (Å²) in [6.45, 7) is 1.87. The van der Waals surface area contributed by atoms with Crippen LogP contribution in [-0.4, -0.2) is 50.6 Å². The first kappa shape index (κ1) is 23.3. The van der Waals surface area contributed by atoms with Gasteiger partial charge in [0.15, 0.2) is 18.9 Å². The lowest BCUT2D eigenvalue weighted by Gasteiger charge is -2.23. The highest BCUT2D eigenvalue weighted by Crippen LogP contribution is 2.35. The van der Waals surface area contributed by atoms with Crippen molar-refractivity contribution in [2.24, 2.45) is 0 Å². The predicted molar refractivity (Wildman–Crippen MR) is 109 cm³/mol. The zero-order valence-corrected chi connectivity index (χ0v) is 17.9. The van der Waals surface area contributed by atoms with Gasteiger partial charge in [-0.2, -0.15) is 8.78 Å². The minimum Gasteiger partial charge on any atom is -0.472 e. The average molecular weight is 481 g/mol. The molecule has 9 nitrogen and oxygen atoms in total. The lowest BCUT2D eigenvalue weighted by atomic mass is 10.1. The fraction of sp³-hybridized carbons (Fsp3) is 0.333. The SMILES string of the molecule is Cc1cc(C(C)N2Cc3c(ccnc3NC(=O)c3cnco3)C2=O)[nH]c1OCC(F)(F)C(F)F. The van der Waals surface area contributed by atoms with Crippen LogP contribution in [0.25, 0.3) is 0 Å². The summed E-state index contributed by atoms with van der Waals surface area (Å²) >= 11 is 0. The molecule has 0 bridgehead atoms. The van der Waals surface area contributed by atoms with Crippen molar-refractivity contribution in [1.82, 2.24) is 19.9 Å². The van der Waals surface area contributed by atoms with Gasteiger partial charge in [-0.3, -0.25) is 9.59 Å². The first-order valence-electron chi connectivity index (χ1n) is 10.1. The highest BCUT2D eigenvalue weighted by atomic mass is 19.3. The number of aromatic amines is 1. The van der Waals surface area contributed by atoms with Gasteiger partial charge in [0.1, 0.15) is 5.82 Å². The molecule has 0 saturated heterocycles. The second-order valence-corrected chi connectivity index (χ2v) is 7.70. The van der Waals surface area contributed by atoms with Crippen molar-refractivity contribution in [3.8, 4) is 5.88 Å². The number of aromatic nitrogens is 3. The molecule has 0 aromatic carbocycles. The summed E-state index contributed by atoms with van der Waals surface area (Å²) < 4.78 is 61.0. The Morgan fingerprint density at radius 1 is 1.41 bits per heavy atom. The number of ether oxygens (including phenoxy) is 1. The lowest BCUT2D eigenvalue weighted by Crippen LogP contribution is -2.34. The maximum atomic E-state index is 13.2. The third-order valence-corrected chi connectivity index (χ3v) is 5.40. The number of nitrogens with one attached hydrogen (secondary N) is 2. The van der Waals surface area contributed by atoms with Crippen molar-refractivity contribution in [2.45, 2.75) is 38.8 Å². The van der Waals surface area contributed by atoms with E-state index in [1.807, 2.05) is 0 Å². The maximum absolute atomic E-state index is 13.2. The van der Waals surface area contributed by atoms with E-state index in [0.29, 0.717) is 22.4 Å². The van der Waals surface area contributed by atoms with Crippen LogP contribution in [0.4, 0.5) is 23.4 Å². The molecule has 0 saturated carbocycles. The second kappa shape index (κ2) is 8.80. The number of rotatable bonds is 8. The standard InChI is InChI=1S/C21H19F4N5O4/c1-10-5-14(28-18(10)33-8-21(24,25)20(22)23)11(2)30-7-13-12(19(30)32)3-4-27-16(13)29-17(31)15-6-26-9-34-15/h3-6,9,11,20,28H,7-8H2,1-2H3,(H,27,29,31). The molecule has 2 amide bonds. The first-order chi connectivity index (χ1) is 16.1. The average Bonchev–Trinajstić information content (AvgIpc) is 3.52. The van der Waals surface area contributed by atoms with Gasteiger partial charge in [-0.15, -0.1) is 0 Å². The van der Waals surface area contributed by atoms with Crippen molar-refractivity contribution in [1.29, 1.82) is 0 Å². The molecule has 34 heavy (non-hydrogen) atoms. The number of hydrogen-bond donors (Lipinski definition) is 2. The summed E-state index contributed by atoms with van der Waals surface area (Å²) in [5.41, 5.74) is 1.70. The molecule has 0 fully saturated rings. The van der Waals surface area contributed by atoms with Crippen LogP contribution in [0.5, 0.6) is 5.88 Å². The van der Waals surface area contributed by atoms with Crippen molar-refractivity contribution in [3.63, 3.8) is 0 Å². The maximum Gasteiger partial charge on any atom is 0.340 e. The third-order valence-electron chi connectivity index (χ3n) is 5.40. The normalized spacial score (nSPS) is 14.4. The monoisotopic (exact) mass is 481 g/mol. The van der Waals surface area contributed by atoms with Gasteiger partial charge in [-0.05, 0) is 26.0 Å². The van der Waals surface area contributed by atoms with E-state index in [4.69, 9.17) is 9.15 Å². The number of amides is 2. The van der Waals surface area contributed by atoms with E-state index in [1.54, 1.807) is 19.9 Å². The topological polar surface area (TPSA) is 113 Å². The molecule has 2 N–H and O–H groups in total. The zero-order valence-electron chi connectivity index (χ0n) is 17.9. The minimum atomic E-state index is -4.30. The molecule has 3 aromatic heterocycles. The zero-order chi connectivity index (χ0) is 24.6. The van der Waals surface area contributed by atoms with Crippen molar-refractivity contribution in [3.05, 3.63) is 59.1 Å². The molecular formula is C21H19F4N5O4. The Morgan fingerprint density at radius 2 is 2.18 bits per heavy atom. The molecule has 1 atom stereocenters. The van der Waals surface area contributed by atoms with Crippen LogP contribution in [0.3, 0.4) is 0 Å². The molecule has 4 heterocycles. The number of H-pyrrole nitrogens is 1. The van der Waals surface area contributed by atoms with Gasteiger partial charge in [0.05, 0.1) is 18.8 Å². The molecule has 3 aromatic rings. The molecule has 1 unspecified atom stereocenters. The number of carbonyl (C=O) groups excluding carboxylic acids is 2. The molecular weight excluding hydrogens is 462 g/mol. The van der Waals surface area contributed by atoms with Crippen molar-refractivity contribution in [2.75, 3.05) is 11.9 Å². The highest BCUT2D eigenvalue weighted by molar-refractivity contribution is 6.05. The van der Waals surface area contributed by atoms with Crippen LogP contribution < -0.4 is 10.1 Å². The van der Waals surface area contributed by atoms with Gasteiger partial charge in [0.2, 0.25) is 5.76 Å². The van der Waals surface area contributed by atoms with E-state index in [-0.39, 0.29) is 29.9 Å². The van der Waals surface area contributed by atoms with E-state index in [1.165, 1.54) is 23.4 Å². The van der Waals surface area contributed by atoms with Gasteiger partial charge in [0.25, 0.3) is 11.8 Å². The van der Waals surface area contributed by atoms with E-state index < -0.39 is 30.9 Å². The van der Waals surface area contributed by atoms with E-state index >= 15 is 0 Å². The van der Waals surface area contributed by atoms with Crippen molar-refractivity contribution >= 4 is 17.6 Å². The summed E-state index contributed by atoms with van der Waals surface area (Å²) in [7, 11) is 0. The number of carbonyl (C=O) groups is 2. The number of anilines is 1. The number of alkyl halides is 4. The molecule has 1 aliphatic heterocycles. The van der Waals surface area contributed by atoms with Crippen LogP contribution in [0.1, 0.15) is 50.7 Å². The van der Waals surface area contributed by atoms with Crippen LogP contribution >= 0.6 is 0 Å². The Balaban J connectivity index is 1.51. The lowest BCUT2D eigenvalue weighted by molar-refractivity contribution is -0.148. The summed E-state index contributed by atoms with van der Waals surface area (Å²) in [6, 6.07) is 2.54. The number of oxazole rings is 1. The molecule has 180 valence electrons. The van der Waals surface area contributed by atoms with E-state index in [0.717, 1.165) is 6.39 Å². The Morgan fingerprint density at radius 3 is 2.85 bits per heavy atom. The van der Waals surface area contributed by atoms with E-state index in [2.05, 4.69) is 20.3 Å². The van der Waals surface area contributed by atoms with Gasteiger partial charge in [-0.1, -0.05) is 0 Å². The summed E-state index contributed by atoms with van der Waals surface area (Å²) in [5.74, 6) is -5.15. The molecule has 13 heteroatoms. The fourth-order valence-corrected chi connectivity index (χ4v) is 3.51. The number of nitrogens with zero attached hydrogens (tertiary/aromatic N) is 3. The Labute approximate surface area is 190 Å². The summed E-state index contributed by atoms with van der Waals surface area (Å²) in [4.78, 5) is 37.4. The van der Waals surface area contributed by atoms with Gasteiger partial charge < -0.3 is 24.4 Å². The molecule has 0 spiro atoms. The van der Waals surface area contributed by atoms with Crippen LogP contribution in [0, 0.1) is 6.92 Å². The smallest absolute Gasteiger partial charge is 0.340 e. The van der Waals surface area contributed by atoms with Crippen molar-refractivity contribution < 1.29 is 36.3 Å². The van der Waals surface area contributed by atoms with Crippen LogP contribution in [0.15, 0.2) is 35.3 Å². The summed E-state index contributed by atoms with van der Waals surface area (Å²) in [6.07, 6.45) is -0.123. The number of hydrogen-bond acceptors (Lipinski definition) is 6. The Kier molecular flexibility index (Phi) is 6.02. The van der Waals surface area contributed by atoms with Gasteiger partial charge in [0, 0.05) is 28.6 Å². The molecule has 0 aliphatic carbocycles. The second-order valence-electron chi connectivity index (χ2n) is 7.70. The third kappa shape index (κ3) is 4.32. The number of fused-ring (bicyclic) bond motifs is 1. The predicted octanol–water partition coefficient (Wildman–Crippen LogP) is 3.95. The fourth-order valence-electron chi connectivity index (χ4n) is 3.51. The minimum absolute atomic E-state index is 0.0271.